The van der Waals surface area contributed by atoms with Gasteiger partial charge in [-0.3, -0.25) is 0 Å². The molecule has 1 unspecified atom stereocenters. The molecule has 2 aromatic carbocycles. The second-order valence-corrected chi connectivity index (χ2v) is 5.75. The molecule has 1 heteroatoms. The van der Waals surface area contributed by atoms with E-state index in [0.717, 1.165) is 5.92 Å². The lowest BCUT2D eigenvalue weighted by molar-refractivity contribution is 0.476. The molecular weight excluding hydrogens is 247 g/mol. The van der Waals surface area contributed by atoms with Gasteiger partial charge in [0.05, 0.1) is 0 Å². The number of rotatable bonds is 7. The Kier molecular flexibility index (Phi) is 6.11. The molecule has 0 amide bonds. The molecule has 0 aromatic heterocycles. The van der Waals surface area contributed by atoms with Crippen LogP contribution in [0.1, 0.15) is 24.0 Å². The van der Waals surface area contributed by atoms with Crippen molar-refractivity contribution in [1.29, 1.82) is 0 Å². The van der Waals surface area contributed by atoms with Crippen molar-refractivity contribution in [1.82, 2.24) is 0 Å². The number of hydrogen-bond acceptors (Lipinski definition) is 0. The van der Waals surface area contributed by atoms with Gasteiger partial charge < -0.3 is 0 Å². The van der Waals surface area contributed by atoms with Crippen molar-refractivity contribution in [2.45, 2.75) is 25.7 Å². The molecule has 0 saturated carbocycles. The summed E-state index contributed by atoms with van der Waals surface area (Å²) in [7, 11) is 2.84. The Labute approximate surface area is 119 Å². The lowest BCUT2D eigenvalue weighted by atomic mass is 9.89. The number of benzene rings is 2. The second-order valence-electron chi connectivity index (χ2n) is 5.18. The first kappa shape index (κ1) is 14.3. The topological polar surface area (TPSA) is 0 Å². The van der Waals surface area contributed by atoms with Crippen molar-refractivity contribution in [3.05, 3.63) is 71.8 Å². The molecule has 0 fully saturated rings. The highest BCUT2D eigenvalue weighted by atomic mass is 31.0. The van der Waals surface area contributed by atoms with Gasteiger partial charge in [0, 0.05) is 0 Å². The first-order valence-corrected chi connectivity index (χ1v) is 7.98. The predicted molar refractivity (Wildman–Crippen MR) is 87.6 cm³/mol. The summed E-state index contributed by atoms with van der Waals surface area (Å²) in [4.78, 5) is 0. The summed E-state index contributed by atoms with van der Waals surface area (Å²) in [5.41, 5.74) is 2.93. The molecule has 0 nitrogen and oxygen atoms in total. The zero-order valence-corrected chi connectivity index (χ0v) is 12.6. The SMILES string of the molecule is PCCCC(Cc1ccccc1)Cc1ccccc1. The van der Waals surface area contributed by atoms with Crippen LogP contribution in [-0.4, -0.2) is 6.16 Å². The minimum Gasteiger partial charge on any atom is -0.138 e. The van der Waals surface area contributed by atoms with Crippen molar-refractivity contribution in [3.8, 4) is 0 Å². The second kappa shape index (κ2) is 8.12. The van der Waals surface area contributed by atoms with Gasteiger partial charge in [-0.1, -0.05) is 60.7 Å². The fourth-order valence-corrected chi connectivity index (χ4v) is 2.81. The zero-order chi connectivity index (χ0) is 13.3. The van der Waals surface area contributed by atoms with Gasteiger partial charge in [0.1, 0.15) is 0 Å². The maximum Gasteiger partial charge on any atom is -0.0247 e. The van der Waals surface area contributed by atoms with E-state index in [9.17, 15) is 0 Å². The average Bonchev–Trinajstić information content (AvgIpc) is 2.47. The summed E-state index contributed by atoms with van der Waals surface area (Å²) in [5, 5.41) is 0. The van der Waals surface area contributed by atoms with E-state index >= 15 is 0 Å². The van der Waals surface area contributed by atoms with E-state index in [2.05, 4.69) is 69.9 Å². The van der Waals surface area contributed by atoms with Crippen molar-refractivity contribution in [2.75, 3.05) is 6.16 Å². The lowest BCUT2D eigenvalue weighted by Crippen LogP contribution is -2.09. The summed E-state index contributed by atoms with van der Waals surface area (Å²) in [5.74, 6) is 0.755. The molecule has 0 heterocycles. The van der Waals surface area contributed by atoms with E-state index in [4.69, 9.17) is 0 Å². The zero-order valence-electron chi connectivity index (χ0n) is 11.5. The number of hydrogen-bond donors (Lipinski definition) is 0. The van der Waals surface area contributed by atoms with Crippen molar-refractivity contribution >= 4 is 9.24 Å². The maximum absolute atomic E-state index is 2.84. The summed E-state index contributed by atoms with van der Waals surface area (Å²) in [6, 6.07) is 21.8. The molecular formula is C18H23P. The molecule has 0 radical (unpaired) electrons. The van der Waals surface area contributed by atoms with Crippen molar-refractivity contribution in [2.24, 2.45) is 5.92 Å². The molecule has 2 rings (SSSR count). The van der Waals surface area contributed by atoms with E-state index < -0.39 is 0 Å². The molecule has 0 spiro atoms. The average molecular weight is 270 g/mol. The molecule has 0 saturated heterocycles. The van der Waals surface area contributed by atoms with Gasteiger partial charge in [0.25, 0.3) is 0 Å². The van der Waals surface area contributed by atoms with Gasteiger partial charge in [-0.15, -0.1) is 9.24 Å². The highest BCUT2D eigenvalue weighted by molar-refractivity contribution is 7.16. The molecule has 0 aliphatic rings. The largest absolute Gasteiger partial charge is 0.138 e. The third-order valence-corrected chi connectivity index (χ3v) is 3.96. The molecule has 0 N–H and O–H groups in total. The van der Waals surface area contributed by atoms with Crippen LogP contribution in [0.5, 0.6) is 0 Å². The normalized spacial score (nSPS) is 10.8. The van der Waals surface area contributed by atoms with Crippen LogP contribution in [0.25, 0.3) is 0 Å². The van der Waals surface area contributed by atoms with Gasteiger partial charge in [-0.25, -0.2) is 0 Å². The Morgan fingerprint density at radius 2 is 1.21 bits per heavy atom. The highest BCUT2D eigenvalue weighted by Gasteiger charge is 2.10. The highest BCUT2D eigenvalue weighted by Crippen LogP contribution is 2.20. The molecule has 1 atom stereocenters. The molecule has 0 aliphatic heterocycles. The minimum atomic E-state index is 0.755. The Morgan fingerprint density at radius 3 is 1.63 bits per heavy atom. The first-order chi connectivity index (χ1) is 9.38. The predicted octanol–water partition coefficient (Wildman–Crippen LogP) is 4.74. The van der Waals surface area contributed by atoms with Crippen LogP contribution in [0.2, 0.25) is 0 Å². The van der Waals surface area contributed by atoms with E-state index in [1.807, 2.05) is 0 Å². The molecule has 19 heavy (non-hydrogen) atoms. The fraction of sp³-hybridized carbons (Fsp3) is 0.333. The van der Waals surface area contributed by atoms with E-state index in [1.54, 1.807) is 0 Å². The minimum absolute atomic E-state index is 0.755. The van der Waals surface area contributed by atoms with Gasteiger partial charge >= 0.3 is 0 Å². The first-order valence-electron chi connectivity index (χ1n) is 7.16. The third kappa shape index (κ3) is 5.17. The van der Waals surface area contributed by atoms with Crippen LogP contribution >= 0.6 is 9.24 Å². The van der Waals surface area contributed by atoms with Gasteiger partial charge in [0.15, 0.2) is 0 Å². The van der Waals surface area contributed by atoms with Crippen LogP contribution in [0.3, 0.4) is 0 Å². The van der Waals surface area contributed by atoms with Gasteiger partial charge in [0.2, 0.25) is 0 Å². The maximum atomic E-state index is 2.84. The van der Waals surface area contributed by atoms with E-state index in [1.165, 1.54) is 43.0 Å². The van der Waals surface area contributed by atoms with E-state index in [-0.39, 0.29) is 0 Å². The summed E-state index contributed by atoms with van der Waals surface area (Å²) in [6.07, 6.45) is 6.21. The van der Waals surface area contributed by atoms with Crippen molar-refractivity contribution in [3.63, 3.8) is 0 Å². The Morgan fingerprint density at radius 1 is 0.737 bits per heavy atom. The standard InChI is InChI=1S/C18H23P/c19-13-7-12-18(14-16-8-3-1-4-9-16)15-17-10-5-2-6-11-17/h1-6,8-11,18H,7,12-15,19H2. The van der Waals surface area contributed by atoms with Crippen LogP contribution in [0, 0.1) is 5.92 Å². The Hall–Kier alpha value is -1.13. The van der Waals surface area contributed by atoms with Crippen LogP contribution in [0.15, 0.2) is 60.7 Å². The summed E-state index contributed by atoms with van der Waals surface area (Å²) >= 11 is 0. The van der Waals surface area contributed by atoms with Crippen molar-refractivity contribution < 1.29 is 0 Å². The van der Waals surface area contributed by atoms with Crippen LogP contribution < -0.4 is 0 Å². The molecule has 2 aromatic rings. The molecule has 100 valence electrons. The third-order valence-electron chi connectivity index (χ3n) is 3.55. The monoisotopic (exact) mass is 270 g/mol. The molecule has 0 bridgehead atoms. The van der Waals surface area contributed by atoms with Gasteiger partial charge in [-0.2, -0.15) is 0 Å². The summed E-state index contributed by atoms with van der Waals surface area (Å²) < 4.78 is 0. The van der Waals surface area contributed by atoms with Crippen LogP contribution in [-0.2, 0) is 12.8 Å². The van der Waals surface area contributed by atoms with E-state index in [0.29, 0.717) is 0 Å². The summed E-state index contributed by atoms with van der Waals surface area (Å²) in [6.45, 7) is 0. The fourth-order valence-electron chi connectivity index (χ4n) is 2.58. The Balaban J connectivity index is 1.99. The Bertz CT molecular complexity index is 408. The lowest BCUT2D eigenvalue weighted by Gasteiger charge is -2.17. The van der Waals surface area contributed by atoms with Crippen LogP contribution in [0.4, 0.5) is 0 Å². The molecule has 0 aliphatic carbocycles. The van der Waals surface area contributed by atoms with Gasteiger partial charge in [-0.05, 0) is 48.9 Å². The smallest absolute Gasteiger partial charge is 0.0247 e. The quantitative estimate of drug-likeness (QED) is 0.637.